The van der Waals surface area contributed by atoms with E-state index in [0.29, 0.717) is 17.4 Å². The van der Waals surface area contributed by atoms with Crippen LogP contribution in [0, 0.1) is 0 Å². The molecule has 1 aromatic carbocycles. The lowest BCUT2D eigenvalue weighted by Crippen LogP contribution is -2.03. The summed E-state index contributed by atoms with van der Waals surface area (Å²) in [5.74, 6) is 1.92. The molecule has 0 unspecified atom stereocenters. The summed E-state index contributed by atoms with van der Waals surface area (Å²) in [5, 5.41) is 0. The number of hydrogen-bond acceptors (Lipinski definition) is 4. The lowest BCUT2D eigenvalue weighted by atomic mass is 10.2. The highest BCUT2D eigenvalue weighted by Gasteiger charge is 2.13. The van der Waals surface area contributed by atoms with Crippen molar-refractivity contribution in [1.29, 1.82) is 0 Å². The van der Waals surface area contributed by atoms with E-state index < -0.39 is 0 Å². The largest absolute Gasteiger partial charge is 0.493 e. The summed E-state index contributed by atoms with van der Waals surface area (Å²) in [7, 11) is 3.25. The number of imidazole rings is 1. The van der Waals surface area contributed by atoms with Gasteiger partial charge in [-0.3, -0.25) is 0 Å². The number of fused-ring (bicyclic) bond motifs is 1. The van der Waals surface area contributed by atoms with E-state index in [4.69, 9.17) is 15.2 Å². The van der Waals surface area contributed by atoms with Crippen molar-refractivity contribution in [3.63, 3.8) is 0 Å². The SMILES string of the molecule is CCCCCn1c(N)nc2cc(OC)c(OC)cc21. The summed E-state index contributed by atoms with van der Waals surface area (Å²) in [6.45, 7) is 3.06. The second kappa shape index (κ2) is 5.82. The Morgan fingerprint density at radius 2 is 1.84 bits per heavy atom. The Morgan fingerprint density at radius 1 is 1.16 bits per heavy atom. The third-order valence-electron chi connectivity index (χ3n) is 3.27. The number of nitrogen functional groups attached to an aromatic ring is 1. The van der Waals surface area contributed by atoms with Crippen LogP contribution in [0.15, 0.2) is 12.1 Å². The smallest absolute Gasteiger partial charge is 0.201 e. The summed E-state index contributed by atoms with van der Waals surface area (Å²) in [6, 6.07) is 3.80. The van der Waals surface area contributed by atoms with Gasteiger partial charge in [-0.05, 0) is 6.42 Å². The Balaban J connectivity index is 2.43. The molecule has 0 saturated heterocycles. The van der Waals surface area contributed by atoms with Crippen LogP contribution in [0.2, 0.25) is 0 Å². The van der Waals surface area contributed by atoms with E-state index in [2.05, 4.69) is 11.9 Å². The molecule has 19 heavy (non-hydrogen) atoms. The maximum atomic E-state index is 5.99. The van der Waals surface area contributed by atoms with Crippen molar-refractivity contribution in [2.24, 2.45) is 0 Å². The molecular formula is C14H21N3O2. The van der Waals surface area contributed by atoms with Crippen LogP contribution in [0.25, 0.3) is 11.0 Å². The van der Waals surface area contributed by atoms with Gasteiger partial charge in [-0.1, -0.05) is 19.8 Å². The highest BCUT2D eigenvalue weighted by molar-refractivity contribution is 5.82. The number of aromatic nitrogens is 2. The first kappa shape index (κ1) is 13.5. The van der Waals surface area contributed by atoms with Crippen LogP contribution in [-0.4, -0.2) is 23.8 Å². The normalized spacial score (nSPS) is 10.9. The van der Waals surface area contributed by atoms with Crippen molar-refractivity contribution in [2.45, 2.75) is 32.7 Å². The minimum Gasteiger partial charge on any atom is -0.493 e. The first-order valence-corrected chi connectivity index (χ1v) is 6.59. The first-order chi connectivity index (χ1) is 9.21. The van der Waals surface area contributed by atoms with Crippen LogP contribution in [0.5, 0.6) is 11.5 Å². The van der Waals surface area contributed by atoms with Crippen LogP contribution < -0.4 is 15.2 Å². The number of nitrogens with two attached hydrogens (primary N) is 1. The third kappa shape index (κ3) is 2.59. The van der Waals surface area contributed by atoms with E-state index in [1.165, 1.54) is 12.8 Å². The molecule has 0 aliphatic heterocycles. The minimum atomic E-state index is 0.543. The third-order valence-corrected chi connectivity index (χ3v) is 3.27. The zero-order valence-electron chi connectivity index (χ0n) is 11.8. The van der Waals surface area contributed by atoms with Crippen molar-refractivity contribution < 1.29 is 9.47 Å². The van der Waals surface area contributed by atoms with E-state index in [1.807, 2.05) is 16.7 Å². The molecule has 0 aliphatic rings. The van der Waals surface area contributed by atoms with Gasteiger partial charge in [-0.15, -0.1) is 0 Å². The Morgan fingerprint density at radius 3 is 2.47 bits per heavy atom. The molecule has 2 N–H and O–H groups in total. The van der Waals surface area contributed by atoms with Gasteiger partial charge in [0.1, 0.15) is 0 Å². The van der Waals surface area contributed by atoms with Gasteiger partial charge in [0.15, 0.2) is 11.5 Å². The molecule has 0 fully saturated rings. The molecule has 0 amide bonds. The zero-order chi connectivity index (χ0) is 13.8. The second-order valence-corrected chi connectivity index (χ2v) is 4.52. The molecule has 0 radical (unpaired) electrons. The summed E-state index contributed by atoms with van der Waals surface area (Å²) in [6.07, 6.45) is 3.47. The maximum absolute atomic E-state index is 5.99. The maximum Gasteiger partial charge on any atom is 0.201 e. The molecule has 104 valence electrons. The van der Waals surface area contributed by atoms with Crippen LogP contribution in [0.1, 0.15) is 26.2 Å². The molecule has 1 heterocycles. The van der Waals surface area contributed by atoms with E-state index in [-0.39, 0.29) is 0 Å². The van der Waals surface area contributed by atoms with Gasteiger partial charge in [-0.2, -0.15) is 0 Å². The first-order valence-electron chi connectivity index (χ1n) is 6.59. The van der Waals surface area contributed by atoms with Gasteiger partial charge in [0.05, 0.1) is 25.3 Å². The van der Waals surface area contributed by atoms with Crippen molar-refractivity contribution in [3.05, 3.63) is 12.1 Å². The monoisotopic (exact) mass is 263 g/mol. The fraction of sp³-hybridized carbons (Fsp3) is 0.500. The molecule has 2 aromatic rings. The van der Waals surface area contributed by atoms with E-state index in [1.54, 1.807) is 14.2 Å². The van der Waals surface area contributed by atoms with Gasteiger partial charge >= 0.3 is 0 Å². The van der Waals surface area contributed by atoms with Gasteiger partial charge in [-0.25, -0.2) is 4.98 Å². The number of nitrogens with zero attached hydrogens (tertiary/aromatic N) is 2. The number of methoxy groups -OCH3 is 2. The van der Waals surface area contributed by atoms with E-state index >= 15 is 0 Å². The molecule has 5 heteroatoms. The molecule has 1 aromatic heterocycles. The molecule has 2 rings (SSSR count). The van der Waals surface area contributed by atoms with Gasteiger partial charge in [0, 0.05) is 18.7 Å². The van der Waals surface area contributed by atoms with E-state index in [9.17, 15) is 0 Å². The summed E-state index contributed by atoms with van der Waals surface area (Å²) in [4.78, 5) is 4.38. The number of hydrogen-bond donors (Lipinski definition) is 1. The molecule has 0 atom stereocenters. The number of aryl methyl sites for hydroxylation is 1. The number of benzene rings is 1. The lowest BCUT2D eigenvalue weighted by Gasteiger charge is -2.09. The number of ether oxygens (including phenoxy) is 2. The molecule has 0 aliphatic carbocycles. The van der Waals surface area contributed by atoms with Crippen molar-refractivity contribution in [2.75, 3.05) is 20.0 Å². The van der Waals surface area contributed by atoms with Crippen LogP contribution in [0.4, 0.5) is 5.95 Å². The average molecular weight is 263 g/mol. The standard InChI is InChI=1S/C14H21N3O2/c1-4-5-6-7-17-11-9-13(19-3)12(18-2)8-10(11)16-14(17)15/h8-9H,4-7H2,1-3H3,(H2,15,16). The fourth-order valence-electron chi connectivity index (χ4n) is 2.23. The lowest BCUT2D eigenvalue weighted by molar-refractivity contribution is 0.355. The topological polar surface area (TPSA) is 62.3 Å². The molecule has 0 bridgehead atoms. The molecule has 5 nitrogen and oxygen atoms in total. The highest BCUT2D eigenvalue weighted by Crippen LogP contribution is 2.33. The predicted octanol–water partition coefficient (Wildman–Crippen LogP) is 2.83. The number of unbranched alkanes of at least 4 members (excludes halogenated alkanes) is 2. The quantitative estimate of drug-likeness (QED) is 0.814. The van der Waals surface area contributed by atoms with Gasteiger partial charge in [0.25, 0.3) is 0 Å². The van der Waals surface area contributed by atoms with Gasteiger partial charge in [0.2, 0.25) is 5.95 Å². The van der Waals surface area contributed by atoms with Crippen molar-refractivity contribution >= 4 is 17.0 Å². The van der Waals surface area contributed by atoms with Gasteiger partial charge < -0.3 is 19.8 Å². The number of anilines is 1. The Labute approximate surface area is 113 Å². The second-order valence-electron chi connectivity index (χ2n) is 4.52. The Kier molecular flexibility index (Phi) is 4.14. The van der Waals surface area contributed by atoms with Crippen LogP contribution in [-0.2, 0) is 6.54 Å². The molecule has 0 spiro atoms. The summed E-state index contributed by atoms with van der Waals surface area (Å²) < 4.78 is 12.6. The summed E-state index contributed by atoms with van der Waals surface area (Å²) >= 11 is 0. The summed E-state index contributed by atoms with van der Waals surface area (Å²) in [5.41, 5.74) is 7.82. The number of rotatable bonds is 6. The molecule has 0 saturated carbocycles. The minimum absolute atomic E-state index is 0.543. The predicted molar refractivity (Wildman–Crippen MR) is 76.8 cm³/mol. The molecular weight excluding hydrogens is 242 g/mol. The van der Waals surface area contributed by atoms with Crippen LogP contribution >= 0.6 is 0 Å². The zero-order valence-corrected chi connectivity index (χ0v) is 11.8. The van der Waals surface area contributed by atoms with Crippen molar-refractivity contribution in [1.82, 2.24) is 9.55 Å². The average Bonchev–Trinajstić information content (AvgIpc) is 2.73. The Hall–Kier alpha value is -1.91. The van der Waals surface area contributed by atoms with Crippen LogP contribution in [0.3, 0.4) is 0 Å². The van der Waals surface area contributed by atoms with E-state index in [0.717, 1.165) is 24.0 Å². The highest BCUT2D eigenvalue weighted by atomic mass is 16.5. The Bertz CT molecular complexity index is 563. The van der Waals surface area contributed by atoms with Crippen molar-refractivity contribution in [3.8, 4) is 11.5 Å². The fourth-order valence-corrected chi connectivity index (χ4v) is 2.23.